The van der Waals surface area contributed by atoms with E-state index >= 15 is 0 Å². The van der Waals surface area contributed by atoms with E-state index in [1.807, 2.05) is 27.7 Å². The number of aliphatic hydroxyl groups is 2. The molecule has 2 N–H and O–H groups in total. The Kier molecular flexibility index (Phi) is 20.3. The smallest absolute Gasteiger partial charge is 1.00 e. The molecule has 0 aromatic carbocycles. The van der Waals surface area contributed by atoms with Crippen molar-refractivity contribution in [1.29, 1.82) is 0 Å². The van der Waals surface area contributed by atoms with Crippen molar-refractivity contribution in [3.05, 3.63) is 7.43 Å². The third-order valence-electron chi connectivity index (χ3n) is 12.8. The minimum Gasteiger partial charge on any atom is -1.00 e. The molecular formula is C38H69BrMgO8. The number of ether oxygens (including phenoxy) is 4. The number of fused-ring (bicyclic) bond motifs is 2. The van der Waals surface area contributed by atoms with Crippen LogP contribution in [0.4, 0.5) is 0 Å². The van der Waals surface area contributed by atoms with Crippen molar-refractivity contribution < 1.29 is 55.7 Å². The van der Waals surface area contributed by atoms with Gasteiger partial charge in [-0.3, -0.25) is 9.59 Å². The van der Waals surface area contributed by atoms with Gasteiger partial charge in [0.15, 0.2) is 0 Å². The van der Waals surface area contributed by atoms with Crippen molar-refractivity contribution in [2.45, 2.75) is 157 Å². The molecule has 0 saturated heterocycles. The largest absolute Gasteiger partial charge is 2.00 e. The maximum atomic E-state index is 11.5. The Balaban J connectivity index is 0.000000873. The number of methoxy groups -OCH3 is 1. The Morgan fingerprint density at radius 3 is 1.81 bits per heavy atom. The quantitative estimate of drug-likeness (QED) is 0.186. The molecule has 0 radical (unpaired) electrons. The van der Waals surface area contributed by atoms with E-state index < -0.39 is 5.60 Å². The van der Waals surface area contributed by atoms with Gasteiger partial charge in [0.2, 0.25) is 0 Å². The normalized spacial score (nSPS) is 34.9. The zero-order valence-electron chi connectivity index (χ0n) is 32.2. The summed E-state index contributed by atoms with van der Waals surface area (Å²) >= 11 is 0. The summed E-state index contributed by atoms with van der Waals surface area (Å²) in [5.41, 5.74) is -0.315. The van der Waals surface area contributed by atoms with Crippen LogP contribution in [0, 0.1) is 53.8 Å². The molecule has 278 valence electrons. The van der Waals surface area contributed by atoms with Crippen molar-refractivity contribution >= 4 is 35.0 Å². The summed E-state index contributed by atoms with van der Waals surface area (Å²) in [5.74, 6) is 1.31. The van der Waals surface area contributed by atoms with Gasteiger partial charge in [-0.25, -0.2) is 0 Å². The summed E-state index contributed by atoms with van der Waals surface area (Å²) in [5, 5.41) is 20.3. The molecule has 48 heavy (non-hydrogen) atoms. The second kappa shape index (κ2) is 20.3. The van der Waals surface area contributed by atoms with E-state index in [-0.39, 0.29) is 106 Å². The van der Waals surface area contributed by atoms with Crippen LogP contribution in [0.3, 0.4) is 0 Å². The van der Waals surface area contributed by atoms with Crippen LogP contribution in [-0.4, -0.2) is 95.5 Å². The summed E-state index contributed by atoms with van der Waals surface area (Å²) in [6.07, 6.45) is 11.2. The molecule has 0 aliphatic heterocycles. The number of hydrogen-bond acceptors (Lipinski definition) is 8. The second-order valence-corrected chi connectivity index (χ2v) is 16.1. The molecule has 0 aromatic heterocycles. The number of hydrogen-bond donors (Lipinski definition) is 2. The van der Waals surface area contributed by atoms with Crippen LogP contribution in [0.25, 0.3) is 0 Å². The van der Waals surface area contributed by atoms with Crippen LogP contribution < -0.4 is 17.0 Å². The first-order valence-electron chi connectivity index (χ1n) is 17.8. The van der Waals surface area contributed by atoms with Gasteiger partial charge in [-0.15, -0.1) is 0 Å². The maximum absolute atomic E-state index is 11.5. The molecule has 0 bridgehead atoms. The number of carbonyl (C=O) groups is 2. The Labute approximate surface area is 319 Å². The monoisotopic (exact) mass is 756 g/mol. The molecule has 10 heteroatoms. The third-order valence-corrected chi connectivity index (χ3v) is 12.8. The molecule has 4 aliphatic rings. The van der Waals surface area contributed by atoms with Crippen LogP contribution in [0.15, 0.2) is 0 Å². The van der Waals surface area contributed by atoms with E-state index in [0.29, 0.717) is 36.9 Å². The van der Waals surface area contributed by atoms with Crippen molar-refractivity contribution in [3.63, 3.8) is 0 Å². The van der Waals surface area contributed by atoms with Crippen LogP contribution >= 0.6 is 0 Å². The van der Waals surface area contributed by atoms with E-state index in [1.54, 1.807) is 0 Å². The summed E-state index contributed by atoms with van der Waals surface area (Å²) in [6.45, 7) is 19.0. The topological polar surface area (TPSA) is 112 Å². The Morgan fingerprint density at radius 1 is 0.833 bits per heavy atom. The number of carbonyl (C=O) groups excluding carboxylic acids is 2. The first-order valence-corrected chi connectivity index (χ1v) is 17.8. The molecule has 12 atom stereocenters. The predicted octanol–water partition coefficient (Wildman–Crippen LogP) is 3.80. The molecule has 4 saturated carbocycles. The van der Waals surface area contributed by atoms with E-state index in [1.165, 1.54) is 20.5 Å². The fourth-order valence-electron chi connectivity index (χ4n) is 9.54. The summed E-state index contributed by atoms with van der Waals surface area (Å²) in [7, 11) is 1.40. The molecule has 4 aliphatic carbocycles. The molecule has 4 rings (SSSR count). The van der Waals surface area contributed by atoms with Gasteiger partial charge in [0.05, 0.1) is 50.2 Å². The van der Waals surface area contributed by atoms with Crippen molar-refractivity contribution in [1.82, 2.24) is 0 Å². The Bertz CT molecular complexity index is 977. The van der Waals surface area contributed by atoms with Gasteiger partial charge in [0.1, 0.15) is 6.10 Å². The van der Waals surface area contributed by atoms with Crippen molar-refractivity contribution in [2.75, 3.05) is 20.3 Å². The maximum Gasteiger partial charge on any atom is 2.00 e. The van der Waals surface area contributed by atoms with Gasteiger partial charge in [-0.05, 0) is 121 Å². The van der Waals surface area contributed by atoms with E-state index in [2.05, 4.69) is 27.7 Å². The number of rotatable bonds is 11. The van der Waals surface area contributed by atoms with Gasteiger partial charge in [-0.1, -0.05) is 27.2 Å². The predicted molar refractivity (Wildman–Crippen MR) is 188 cm³/mol. The Hall–Kier alpha value is 0.0262. The molecule has 0 spiro atoms. The van der Waals surface area contributed by atoms with Gasteiger partial charge in [0, 0.05) is 18.8 Å². The SMILES string of the molecule is COC(=O)[C@@H](C)CO[C@H](C)C1CCC2C(OC(C)=O)CCCC21C.C[C@@H](OC[C@H](C)C(C)(C)O)C1CCC2C(O)CCCC21C.[Br-].[CH3-].[Mg+2]. The molecule has 8 unspecified atom stereocenters. The Morgan fingerprint density at radius 2 is 1.31 bits per heavy atom. The molecule has 0 aromatic rings. The van der Waals surface area contributed by atoms with Crippen LogP contribution in [-0.2, 0) is 28.5 Å². The van der Waals surface area contributed by atoms with E-state index in [4.69, 9.17) is 18.9 Å². The molecule has 0 amide bonds. The standard InChI is InChI=1S/C19H32O5.C18H34O3.CH3.BrH.Mg/c1-12(18(21)22-5)11-23-13(2)15-8-9-16-17(24-14(3)20)7-6-10-19(15,16)4;1-12(17(3,4)20)11-21-13(2)14-8-9-15-16(19)7-6-10-18(14,15)5;;;/h12-13,15-17H,6-11H2,1-5H3;12-16,19-20H,6-11H2,1-5H3;1H3;1H;/q;;-1;;+2/p-1/t12-,13+,15?,16?,17?,19?;12-,13+,14?,15?,16?,18?;;;/m00.../s1. The summed E-state index contributed by atoms with van der Waals surface area (Å²) < 4.78 is 22.5. The summed E-state index contributed by atoms with van der Waals surface area (Å²) in [6, 6.07) is 0. The van der Waals surface area contributed by atoms with Crippen molar-refractivity contribution in [3.8, 4) is 0 Å². The number of esters is 2. The zero-order valence-corrected chi connectivity index (χ0v) is 35.2. The van der Waals surface area contributed by atoms with Gasteiger partial charge in [0.25, 0.3) is 0 Å². The first-order chi connectivity index (χ1) is 21.0. The number of aliphatic hydroxyl groups excluding tert-OH is 1. The first kappa shape index (κ1) is 48.0. The average Bonchev–Trinajstić information content (AvgIpc) is 3.51. The molecule has 8 nitrogen and oxygen atoms in total. The zero-order chi connectivity index (χ0) is 33.7. The van der Waals surface area contributed by atoms with Gasteiger partial charge >= 0.3 is 35.0 Å². The van der Waals surface area contributed by atoms with Crippen LogP contribution in [0.2, 0.25) is 0 Å². The van der Waals surface area contributed by atoms with E-state index in [9.17, 15) is 19.8 Å². The van der Waals surface area contributed by atoms with Crippen molar-refractivity contribution in [2.24, 2.45) is 46.3 Å². The molecular weight excluding hydrogens is 689 g/mol. The minimum absolute atomic E-state index is 0. The fraction of sp³-hybridized carbons (Fsp3) is 0.921. The average molecular weight is 758 g/mol. The van der Waals surface area contributed by atoms with Crippen LogP contribution in [0.1, 0.15) is 127 Å². The summed E-state index contributed by atoms with van der Waals surface area (Å²) in [4.78, 5) is 22.9. The van der Waals surface area contributed by atoms with Crippen LogP contribution in [0.5, 0.6) is 0 Å². The third kappa shape index (κ3) is 11.5. The number of halogens is 1. The van der Waals surface area contributed by atoms with E-state index in [0.717, 1.165) is 57.8 Å². The molecule has 0 heterocycles. The second-order valence-electron chi connectivity index (χ2n) is 16.1. The van der Waals surface area contributed by atoms with Gasteiger partial charge in [-0.2, -0.15) is 0 Å². The fourth-order valence-corrected chi connectivity index (χ4v) is 9.54. The minimum atomic E-state index is -0.692. The van der Waals surface area contributed by atoms with Gasteiger partial charge < -0.3 is 53.6 Å². The molecule has 4 fully saturated rings.